The lowest BCUT2D eigenvalue weighted by molar-refractivity contribution is -0.134. The number of rotatable bonds is 2. The third-order valence-corrected chi connectivity index (χ3v) is 2.20. The highest BCUT2D eigenvalue weighted by atomic mass is 16.2. The number of carbonyl (C=O) groups is 2. The topological polar surface area (TPSA) is 72.2 Å². The van der Waals surface area contributed by atoms with Crippen molar-refractivity contribution in [3.05, 3.63) is 29.3 Å². The maximum Gasteiger partial charge on any atom is 0.313 e. The van der Waals surface area contributed by atoms with Gasteiger partial charge in [0.2, 0.25) is 0 Å². The first-order valence-electron chi connectivity index (χ1n) is 4.75. The highest BCUT2D eigenvalue weighted by molar-refractivity contribution is 6.39. The van der Waals surface area contributed by atoms with Crippen LogP contribution in [0, 0.1) is 6.92 Å². The Kier molecular flexibility index (Phi) is 3.44. The normalized spacial score (nSPS) is 9.73. The van der Waals surface area contributed by atoms with Crippen molar-refractivity contribution < 1.29 is 9.59 Å². The first-order chi connectivity index (χ1) is 7.06. The van der Waals surface area contributed by atoms with Crippen molar-refractivity contribution in [1.29, 1.82) is 0 Å². The molecule has 0 aliphatic heterocycles. The van der Waals surface area contributed by atoms with Gasteiger partial charge in [0, 0.05) is 5.69 Å². The molecule has 0 aliphatic rings. The SMILES string of the molecule is CCc1cccc(C)c1NC(=O)C(N)=O. The van der Waals surface area contributed by atoms with Crippen molar-refractivity contribution in [1.82, 2.24) is 0 Å². The number of primary amides is 1. The van der Waals surface area contributed by atoms with Crippen LogP contribution in [0.3, 0.4) is 0 Å². The molecule has 3 N–H and O–H groups in total. The number of aryl methyl sites for hydroxylation is 2. The summed E-state index contributed by atoms with van der Waals surface area (Å²) in [6.45, 7) is 3.85. The van der Waals surface area contributed by atoms with E-state index in [2.05, 4.69) is 5.32 Å². The molecule has 1 aromatic rings. The fourth-order valence-corrected chi connectivity index (χ4v) is 1.38. The molecule has 1 rings (SSSR count). The van der Waals surface area contributed by atoms with Gasteiger partial charge in [0.25, 0.3) is 0 Å². The molecule has 15 heavy (non-hydrogen) atoms. The smallest absolute Gasteiger partial charge is 0.313 e. The molecule has 0 spiro atoms. The third kappa shape index (κ3) is 2.56. The van der Waals surface area contributed by atoms with Crippen LogP contribution in [-0.2, 0) is 16.0 Å². The molecule has 0 radical (unpaired) electrons. The quantitative estimate of drug-likeness (QED) is 0.708. The molecule has 0 bridgehead atoms. The molecule has 0 aromatic heterocycles. The van der Waals surface area contributed by atoms with E-state index in [1.165, 1.54) is 0 Å². The van der Waals surface area contributed by atoms with Gasteiger partial charge in [0.1, 0.15) is 0 Å². The second kappa shape index (κ2) is 4.59. The van der Waals surface area contributed by atoms with E-state index in [4.69, 9.17) is 5.73 Å². The predicted octanol–water partition coefficient (Wildman–Crippen LogP) is 0.981. The minimum atomic E-state index is -0.972. The summed E-state index contributed by atoms with van der Waals surface area (Å²) in [5, 5.41) is 2.52. The fourth-order valence-electron chi connectivity index (χ4n) is 1.38. The number of benzene rings is 1. The summed E-state index contributed by atoms with van der Waals surface area (Å²) < 4.78 is 0. The number of carbonyl (C=O) groups excluding carboxylic acids is 2. The second-order valence-electron chi connectivity index (χ2n) is 3.28. The van der Waals surface area contributed by atoms with Gasteiger partial charge in [-0.1, -0.05) is 25.1 Å². The molecular weight excluding hydrogens is 192 g/mol. The largest absolute Gasteiger partial charge is 0.361 e. The number of nitrogens with one attached hydrogen (secondary N) is 1. The number of para-hydroxylation sites is 1. The summed E-state index contributed by atoms with van der Waals surface area (Å²) in [5.74, 6) is -1.75. The maximum atomic E-state index is 11.1. The Morgan fingerprint density at radius 1 is 1.40 bits per heavy atom. The molecule has 2 amide bonds. The zero-order chi connectivity index (χ0) is 11.4. The van der Waals surface area contributed by atoms with Gasteiger partial charge in [0.05, 0.1) is 0 Å². The van der Waals surface area contributed by atoms with Crippen molar-refractivity contribution >= 4 is 17.5 Å². The van der Waals surface area contributed by atoms with Crippen LogP contribution in [0.1, 0.15) is 18.1 Å². The Bertz CT molecular complexity index is 400. The number of amides is 2. The minimum absolute atomic E-state index is 0.684. The minimum Gasteiger partial charge on any atom is -0.361 e. The Morgan fingerprint density at radius 3 is 2.60 bits per heavy atom. The van der Waals surface area contributed by atoms with E-state index in [0.29, 0.717) is 5.69 Å². The van der Waals surface area contributed by atoms with Crippen LogP contribution >= 0.6 is 0 Å². The van der Waals surface area contributed by atoms with E-state index in [9.17, 15) is 9.59 Å². The van der Waals surface area contributed by atoms with Crippen molar-refractivity contribution in [3.63, 3.8) is 0 Å². The summed E-state index contributed by atoms with van der Waals surface area (Å²) in [6.07, 6.45) is 0.788. The van der Waals surface area contributed by atoms with Gasteiger partial charge in [-0.05, 0) is 24.5 Å². The van der Waals surface area contributed by atoms with Gasteiger partial charge in [-0.25, -0.2) is 0 Å². The summed E-state index contributed by atoms with van der Waals surface area (Å²) in [6, 6.07) is 5.69. The molecule has 0 heterocycles. The van der Waals surface area contributed by atoms with Crippen molar-refractivity contribution in [3.8, 4) is 0 Å². The molecule has 0 aliphatic carbocycles. The van der Waals surface area contributed by atoms with E-state index in [1.54, 1.807) is 0 Å². The van der Waals surface area contributed by atoms with Crippen LogP contribution in [0.5, 0.6) is 0 Å². The molecule has 4 nitrogen and oxygen atoms in total. The molecule has 0 saturated carbocycles. The number of nitrogens with two attached hydrogens (primary N) is 1. The van der Waals surface area contributed by atoms with Gasteiger partial charge < -0.3 is 11.1 Å². The van der Waals surface area contributed by atoms with E-state index in [0.717, 1.165) is 17.5 Å². The molecular formula is C11H14N2O2. The predicted molar refractivity (Wildman–Crippen MR) is 58.4 cm³/mol. The Morgan fingerprint density at radius 2 is 2.07 bits per heavy atom. The molecule has 0 atom stereocenters. The average Bonchev–Trinajstić information content (AvgIpc) is 2.20. The van der Waals surface area contributed by atoms with Crippen LogP contribution in [0.25, 0.3) is 0 Å². The van der Waals surface area contributed by atoms with E-state index in [1.807, 2.05) is 32.0 Å². The molecule has 0 saturated heterocycles. The van der Waals surface area contributed by atoms with Gasteiger partial charge >= 0.3 is 11.8 Å². The first-order valence-corrected chi connectivity index (χ1v) is 4.75. The highest BCUT2D eigenvalue weighted by Gasteiger charge is 2.12. The van der Waals surface area contributed by atoms with Crippen LogP contribution in [0.4, 0.5) is 5.69 Å². The summed E-state index contributed by atoms with van der Waals surface area (Å²) in [7, 11) is 0. The standard InChI is InChI=1S/C11H14N2O2/c1-3-8-6-4-5-7(2)9(8)13-11(15)10(12)14/h4-6H,3H2,1-2H3,(H2,12,14)(H,13,15). The molecule has 1 aromatic carbocycles. The van der Waals surface area contributed by atoms with E-state index in [-0.39, 0.29) is 0 Å². The number of hydrogen-bond acceptors (Lipinski definition) is 2. The maximum absolute atomic E-state index is 11.1. The van der Waals surface area contributed by atoms with Crippen LogP contribution in [0.15, 0.2) is 18.2 Å². The number of hydrogen-bond donors (Lipinski definition) is 2. The van der Waals surface area contributed by atoms with Gasteiger partial charge in [0.15, 0.2) is 0 Å². The lowest BCUT2D eigenvalue weighted by Crippen LogP contribution is -2.30. The van der Waals surface area contributed by atoms with Gasteiger partial charge in [-0.15, -0.1) is 0 Å². The second-order valence-corrected chi connectivity index (χ2v) is 3.28. The summed E-state index contributed by atoms with van der Waals surface area (Å²) >= 11 is 0. The zero-order valence-electron chi connectivity index (χ0n) is 8.83. The monoisotopic (exact) mass is 206 g/mol. The summed E-state index contributed by atoms with van der Waals surface area (Å²) in [5.41, 5.74) is 7.47. The average molecular weight is 206 g/mol. The zero-order valence-corrected chi connectivity index (χ0v) is 8.83. The Hall–Kier alpha value is -1.84. The lowest BCUT2D eigenvalue weighted by Gasteiger charge is -2.11. The van der Waals surface area contributed by atoms with Crippen LogP contribution in [0.2, 0.25) is 0 Å². The molecule has 0 unspecified atom stereocenters. The fraction of sp³-hybridized carbons (Fsp3) is 0.273. The molecule has 0 fully saturated rings. The lowest BCUT2D eigenvalue weighted by atomic mass is 10.1. The molecule has 4 heteroatoms. The van der Waals surface area contributed by atoms with Crippen molar-refractivity contribution in [2.24, 2.45) is 5.73 Å². The molecule has 80 valence electrons. The van der Waals surface area contributed by atoms with Crippen molar-refractivity contribution in [2.45, 2.75) is 20.3 Å². The van der Waals surface area contributed by atoms with Crippen molar-refractivity contribution in [2.75, 3.05) is 5.32 Å². The van der Waals surface area contributed by atoms with Gasteiger partial charge in [-0.2, -0.15) is 0 Å². The van der Waals surface area contributed by atoms with Crippen LogP contribution < -0.4 is 11.1 Å². The van der Waals surface area contributed by atoms with E-state index >= 15 is 0 Å². The van der Waals surface area contributed by atoms with E-state index < -0.39 is 11.8 Å². The first kappa shape index (κ1) is 11.2. The number of anilines is 1. The highest BCUT2D eigenvalue weighted by Crippen LogP contribution is 2.20. The van der Waals surface area contributed by atoms with Gasteiger partial charge in [-0.3, -0.25) is 9.59 Å². The Balaban J connectivity index is 3.02. The Labute approximate surface area is 88.5 Å². The van der Waals surface area contributed by atoms with Crippen LogP contribution in [-0.4, -0.2) is 11.8 Å². The third-order valence-electron chi connectivity index (χ3n) is 2.20. The summed E-state index contributed by atoms with van der Waals surface area (Å²) in [4.78, 5) is 21.8.